The molecule has 0 radical (unpaired) electrons. The van der Waals surface area contributed by atoms with Crippen LogP contribution in [0.25, 0.3) is 0 Å². The van der Waals surface area contributed by atoms with E-state index in [0.717, 1.165) is 5.56 Å². The monoisotopic (exact) mass is 457 g/mol. The minimum Gasteiger partial charge on any atom is -0.495 e. The van der Waals surface area contributed by atoms with E-state index >= 15 is 0 Å². The molecule has 4 rings (SSSR count). The third-order valence-electron chi connectivity index (χ3n) is 5.30. The fraction of sp³-hybridized carbons (Fsp3) is 0.154. The summed E-state index contributed by atoms with van der Waals surface area (Å²) in [5.74, 6) is 0.827. The van der Waals surface area contributed by atoms with Crippen LogP contribution in [0.1, 0.15) is 24.2 Å². The lowest BCUT2D eigenvalue weighted by Crippen LogP contribution is -2.30. The Hall–Kier alpha value is -3.89. The number of benzene rings is 2. The Morgan fingerprint density at radius 2 is 1.91 bits per heavy atom. The number of amides is 1. The first kappa shape index (κ1) is 22.3. The number of hydrogen-bond donors (Lipinski definition) is 2. The van der Waals surface area contributed by atoms with E-state index in [9.17, 15) is 10.1 Å². The van der Waals surface area contributed by atoms with E-state index < -0.39 is 5.92 Å². The van der Waals surface area contributed by atoms with Gasteiger partial charge in [-0.25, -0.2) is 0 Å². The van der Waals surface area contributed by atoms with E-state index in [2.05, 4.69) is 16.7 Å². The quantitative estimate of drug-likeness (QED) is 0.483. The molecule has 0 fully saturated rings. The second-order valence-corrected chi connectivity index (χ2v) is 8.38. The molecule has 1 aliphatic heterocycles. The lowest BCUT2D eigenvalue weighted by atomic mass is 9.85. The van der Waals surface area contributed by atoms with Crippen LogP contribution in [0.5, 0.6) is 5.75 Å². The van der Waals surface area contributed by atoms with Gasteiger partial charge in [0, 0.05) is 11.4 Å². The largest absolute Gasteiger partial charge is 0.495 e. The van der Waals surface area contributed by atoms with Crippen LogP contribution in [0.2, 0.25) is 0 Å². The zero-order chi connectivity index (χ0) is 23.2. The maximum Gasteiger partial charge on any atom is 0.254 e. The number of carbonyl (C=O) groups excluding carboxylic acids is 1. The topological polar surface area (TPSA) is 87.3 Å². The van der Waals surface area contributed by atoms with Crippen molar-refractivity contribution in [3.05, 3.63) is 106 Å². The summed E-state index contributed by atoms with van der Waals surface area (Å²) in [6.45, 7) is 1.84. The smallest absolute Gasteiger partial charge is 0.254 e. The zero-order valence-corrected chi connectivity index (χ0v) is 19.1. The lowest BCUT2D eigenvalue weighted by Gasteiger charge is -2.28. The van der Waals surface area contributed by atoms with Gasteiger partial charge in [0.15, 0.2) is 0 Å². The highest BCUT2D eigenvalue weighted by molar-refractivity contribution is 8.02. The molecule has 0 unspecified atom stereocenters. The molecule has 0 saturated carbocycles. The van der Waals surface area contributed by atoms with Gasteiger partial charge in [-0.1, -0.05) is 42.5 Å². The van der Waals surface area contributed by atoms with Crippen LogP contribution in [-0.2, 0) is 10.5 Å². The molecule has 2 aromatic carbocycles. The fourth-order valence-electron chi connectivity index (χ4n) is 3.73. The van der Waals surface area contributed by atoms with E-state index in [-0.39, 0.29) is 5.91 Å². The number of furan rings is 1. The maximum absolute atomic E-state index is 13.5. The summed E-state index contributed by atoms with van der Waals surface area (Å²) in [6, 6.07) is 23.1. The van der Waals surface area contributed by atoms with Crippen molar-refractivity contribution >= 4 is 23.4 Å². The number of anilines is 1. The first-order valence-electron chi connectivity index (χ1n) is 10.4. The second-order valence-electron chi connectivity index (χ2n) is 7.40. The molecule has 1 aromatic heterocycles. The Kier molecular flexibility index (Phi) is 6.86. The van der Waals surface area contributed by atoms with E-state index in [0.29, 0.717) is 44.8 Å². The number of nitriles is 1. The number of thioether (sulfide) groups is 1. The molecule has 0 bridgehead atoms. The number of dihydropyridines is 1. The van der Waals surface area contributed by atoms with Crippen LogP contribution >= 0.6 is 11.8 Å². The Morgan fingerprint density at radius 3 is 2.61 bits per heavy atom. The summed E-state index contributed by atoms with van der Waals surface area (Å²) in [6.07, 6.45) is 1.55. The molecular weight excluding hydrogens is 434 g/mol. The number of hydrogen-bond acceptors (Lipinski definition) is 6. The summed E-state index contributed by atoms with van der Waals surface area (Å²) < 4.78 is 11.0. The van der Waals surface area contributed by atoms with Crippen molar-refractivity contribution in [3.8, 4) is 11.8 Å². The van der Waals surface area contributed by atoms with Crippen LogP contribution in [0.4, 0.5) is 5.69 Å². The van der Waals surface area contributed by atoms with Gasteiger partial charge in [0.25, 0.3) is 5.91 Å². The summed E-state index contributed by atoms with van der Waals surface area (Å²) in [4.78, 5) is 13.5. The van der Waals surface area contributed by atoms with Gasteiger partial charge in [-0.3, -0.25) is 4.79 Å². The Morgan fingerprint density at radius 1 is 1.15 bits per heavy atom. The number of ether oxygens (including phenoxy) is 1. The number of rotatable bonds is 7. The average Bonchev–Trinajstić information content (AvgIpc) is 3.38. The molecule has 2 N–H and O–H groups in total. The van der Waals surface area contributed by atoms with Crippen molar-refractivity contribution in [2.24, 2.45) is 0 Å². The number of carbonyl (C=O) groups is 1. The minimum absolute atomic E-state index is 0.328. The number of nitrogens with one attached hydrogen (secondary N) is 2. The third-order valence-corrected chi connectivity index (χ3v) is 6.39. The maximum atomic E-state index is 13.5. The van der Waals surface area contributed by atoms with Crippen molar-refractivity contribution in [3.63, 3.8) is 0 Å². The molecule has 6 nitrogen and oxygen atoms in total. The molecule has 166 valence electrons. The van der Waals surface area contributed by atoms with Gasteiger partial charge in [-0.2, -0.15) is 5.26 Å². The molecular formula is C26H23N3O3S. The summed E-state index contributed by atoms with van der Waals surface area (Å²) in [5.41, 5.74) is 3.23. The number of methoxy groups -OCH3 is 1. The van der Waals surface area contributed by atoms with E-state index in [1.54, 1.807) is 37.6 Å². The molecule has 1 atom stereocenters. The van der Waals surface area contributed by atoms with E-state index in [1.807, 2.05) is 49.4 Å². The standard InChI is InChI=1S/C26H23N3O3S/c1-17-23(25(30)29-20-11-6-7-12-21(20)31-2)24(22-13-8-14-32-22)19(15-27)26(28-17)33-16-18-9-4-3-5-10-18/h3-14,24,28H,16H2,1-2H3,(H,29,30)/t24-/m0/s1. The van der Waals surface area contributed by atoms with Crippen LogP contribution < -0.4 is 15.4 Å². The first-order chi connectivity index (χ1) is 16.1. The van der Waals surface area contributed by atoms with Gasteiger partial charge < -0.3 is 19.8 Å². The number of para-hydroxylation sites is 2. The van der Waals surface area contributed by atoms with Gasteiger partial charge in [0.05, 0.1) is 47.2 Å². The number of nitrogens with zero attached hydrogens (tertiary/aromatic N) is 1. The van der Waals surface area contributed by atoms with Crippen molar-refractivity contribution in [1.29, 1.82) is 5.26 Å². The second kappa shape index (κ2) is 10.2. The Bertz CT molecular complexity index is 1240. The van der Waals surface area contributed by atoms with Gasteiger partial charge in [0.1, 0.15) is 11.5 Å². The van der Waals surface area contributed by atoms with Gasteiger partial charge in [0.2, 0.25) is 0 Å². The van der Waals surface area contributed by atoms with Crippen LogP contribution in [0, 0.1) is 11.3 Å². The molecule has 2 heterocycles. The third kappa shape index (κ3) is 4.81. The highest BCUT2D eigenvalue weighted by atomic mass is 32.2. The van der Waals surface area contributed by atoms with Crippen molar-refractivity contribution in [2.75, 3.05) is 12.4 Å². The first-order valence-corrected chi connectivity index (χ1v) is 11.4. The highest BCUT2D eigenvalue weighted by Crippen LogP contribution is 2.42. The Labute approximate surface area is 196 Å². The normalized spacial score (nSPS) is 15.6. The molecule has 1 aliphatic rings. The zero-order valence-electron chi connectivity index (χ0n) is 18.3. The van der Waals surface area contributed by atoms with Crippen LogP contribution in [0.3, 0.4) is 0 Å². The average molecular weight is 458 g/mol. The Balaban J connectivity index is 1.68. The van der Waals surface area contributed by atoms with Crippen molar-refractivity contribution in [1.82, 2.24) is 5.32 Å². The van der Waals surface area contributed by atoms with Gasteiger partial charge in [-0.15, -0.1) is 11.8 Å². The minimum atomic E-state index is -0.626. The molecule has 0 saturated heterocycles. The fourth-order valence-corrected chi connectivity index (χ4v) is 4.78. The summed E-state index contributed by atoms with van der Waals surface area (Å²) in [7, 11) is 1.55. The van der Waals surface area contributed by atoms with Crippen molar-refractivity contribution in [2.45, 2.75) is 18.6 Å². The summed E-state index contributed by atoms with van der Waals surface area (Å²) >= 11 is 1.53. The molecule has 3 aromatic rings. The predicted octanol–water partition coefficient (Wildman–Crippen LogP) is 5.56. The molecule has 7 heteroatoms. The van der Waals surface area contributed by atoms with Crippen LogP contribution in [-0.4, -0.2) is 13.0 Å². The molecule has 0 aliphatic carbocycles. The van der Waals surface area contributed by atoms with Gasteiger partial charge >= 0.3 is 0 Å². The lowest BCUT2D eigenvalue weighted by molar-refractivity contribution is -0.113. The van der Waals surface area contributed by atoms with Crippen molar-refractivity contribution < 1.29 is 13.9 Å². The molecule has 1 amide bonds. The van der Waals surface area contributed by atoms with E-state index in [1.165, 1.54) is 11.8 Å². The van der Waals surface area contributed by atoms with Crippen LogP contribution in [0.15, 0.2) is 99.3 Å². The van der Waals surface area contributed by atoms with Gasteiger partial charge in [-0.05, 0) is 36.8 Å². The SMILES string of the molecule is COc1ccccc1NC(=O)C1=C(C)NC(SCc2ccccc2)=C(C#N)[C@H]1c1ccco1. The van der Waals surface area contributed by atoms with E-state index in [4.69, 9.17) is 9.15 Å². The molecule has 33 heavy (non-hydrogen) atoms. The number of allylic oxidation sites excluding steroid dienone is 2. The summed E-state index contributed by atoms with van der Waals surface area (Å²) in [5, 5.41) is 17.0. The predicted molar refractivity (Wildman–Crippen MR) is 129 cm³/mol. The molecule has 0 spiro atoms. The highest BCUT2D eigenvalue weighted by Gasteiger charge is 2.36.